The molecular formula is C18H21FN4O3S. The number of hydrogen-bond acceptors (Lipinski definition) is 4. The number of hydrogen-bond donors (Lipinski definition) is 1. The Hall–Kier alpha value is -2.26. The molecule has 1 atom stereocenters. The van der Waals surface area contributed by atoms with E-state index in [1.54, 1.807) is 11.7 Å². The van der Waals surface area contributed by atoms with Crippen LogP contribution < -0.4 is 5.32 Å². The Bertz CT molecular complexity index is 985. The quantitative estimate of drug-likeness (QED) is 0.861. The van der Waals surface area contributed by atoms with Crippen LogP contribution in [-0.2, 0) is 34.7 Å². The largest absolute Gasteiger partial charge is 0.309 e. The van der Waals surface area contributed by atoms with Crippen molar-refractivity contribution in [3.05, 3.63) is 41.3 Å². The standard InChI is InChI=1S/C18H21FN4O3S/c1-22-17(14-4-2-5-15(14)21-22)20-18(24)16-6-3-11-23(16)27(25,26)13-9-7-12(19)8-10-13/h7-10,16H,2-6,11H2,1H3,(H,20,24)/t16-/m0/s1. The number of aryl methyl sites for hydroxylation is 2. The molecule has 1 aromatic carbocycles. The summed E-state index contributed by atoms with van der Waals surface area (Å²) in [4.78, 5) is 12.9. The molecule has 0 spiro atoms. The number of nitrogens with zero attached hydrogens (tertiary/aromatic N) is 3. The van der Waals surface area contributed by atoms with Crippen molar-refractivity contribution in [2.24, 2.45) is 7.05 Å². The van der Waals surface area contributed by atoms with Gasteiger partial charge in [-0.3, -0.25) is 9.48 Å². The van der Waals surface area contributed by atoms with Crippen molar-refractivity contribution in [1.82, 2.24) is 14.1 Å². The average Bonchev–Trinajstić information content (AvgIpc) is 3.34. The molecule has 9 heteroatoms. The van der Waals surface area contributed by atoms with Gasteiger partial charge in [-0.15, -0.1) is 0 Å². The second kappa shape index (κ2) is 6.72. The average molecular weight is 392 g/mol. The minimum absolute atomic E-state index is 0.00924. The predicted molar refractivity (Wildman–Crippen MR) is 97.2 cm³/mol. The van der Waals surface area contributed by atoms with Gasteiger partial charge in [0.05, 0.1) is 10.6 Å². The Balaban J connectivity index is 1.58. The summed E-state index contributed by atoms with van der Waals surface area (Å²) in [5, 5.41) is 7.32. The fourth-order valence-corrected chi connectivity index (χ4v) is 5.56. The normalized spacial score (nSPS) is 20.0. The van der Waals surface area contributed by atoms with Crippen LogP contribution >= 0.6 is 0 Å². The third-order valence-electron chi connectivity index (χ3n) is 5.24. The zero-order valence-electron chi connectivity index (χ0n) is 15.0. The third-order valence-corrected chi connectivity index (χ3v) is 7.16. The Morgan fingerprint density at radius 3 is 2.70 bits per heavy atom. The van der Waals surface area contributed by atoms with Crippen LogP contribution in [0.5, 0.6) is 0 Å². The Morgan fingerprint density at radius 2 is 1.96 bits per heavy atom. The number of amides is 1. The second-order valence-corrected chi connectivity index (χ2v) is 8.86. The van der Waals surface area contributed by atoms with E-state index < -0.39 is 21.9 Å². The van der Waals surface area contributed by atoms with Crippen LogP contribution in [0.2, 0.25) is 0 Å². The van der Waals surface area contributed by atoms with E-state index >= 15 is 0 Å². The van der Waals surface area contributed by atoms with Crippen LogP contribution in [-0.4, -0.2) is 41.0 Å². The monoisotopic (exact) mass is 392 g/mol. The number of halogens is 1. The Kier molecular flexibility index (Phi) is 4.51. The SMILES string of the molecule is Cn1nc2c(c1NC(=O)[C@@H]1CCCN1S(=O)(=O)c1ccc(F)cc1)CCC2. The number of nitrogens with one attached hydrogen (secondary N) is 1. The van der Waals surface area contributed by atoms with Crippen molar-refractivity contribution >= 4 is 21.7 Å². The molecule has 0 bridgehead atoms. The summed E-state index contributed by atoms with van der Waals surface area (Å²) in [5.74, 6) is -0.204. The molecule has 4 rings (SSSR count). The van der Waals surface area contributed by atoms with E-state index in [9.17, 15) is 17.6 Å². The molecule has 7 nitrogen and oxygen atoms in total. The highest BCUT2D eigenvalue weighted by atomic mass is 32.2. The van der Waals surface area contributed by atoms with Crippen molar-refractivity contribution in [2.45, 2.75) is 43.0 Å². The topological polar surface area (TPSA) is 84.3 Å². The molecule has 27 heavy (non-hydrogen) atoms. The minimum Gasteiger partial charge on any atom is -0.309 e. The molecule has 2 aromatic rings. The molecular weight excluding hydrogens is 371 g/mol. The molecule has 1 fully saturated rings. The maximum absolute atomic E-state index is 13.1. The van der Waals surface area contributed by atoms with Gasteiger partial charge in [0, 0.05) is 19.2 Å². The van der Waals surface area contributed by atoms with Crippen LogP contribution in [0.1, 0.15) is 30.5 Å². The lowest BCUT2D eigenvalue weighted by molar-refractivity contribution is -0.119. The van der Waals surface area contributed by atoms with E-state index in [0.717, 1.165) is 42.7 Å². The Morgan fingerprint density at radius 1 is 1.22 bits per heavy atom. The van der Waals surface area contributed by atoms with Crippen LogP contribution in [0, 0.1) is 5.82 Å². The van der Waals surface area contributed by atoms with Crippen LogP contribution in [0.25, 0.3) is 0 Å². The highest BCUT2D eigenvalue weighted by Gasteiger charge is 2.40. The maximum Gasteiger partial charge on any atom is 0.243 e. The predicted octanol–water partition coefficient (Wildman–Crippen LogP) is 1.84. The molecule has 2 aliphatic rings. The molecule has 0 saturated carbocycles. The lowest BCUT2D eigenvalue weighted by atomic mass is 10.2. The van der Waals surface area contributed by atoms with E-state index in [1.807, 2.05) is 0 Å². The summed E-state index contributed by atoms with van der Waals surface area (Å²) in [7, 11) is -2.09. The third kappa shape index (κ3) is 3.14. The van der Waals surface area contributed by atoms with E-state index in [4.69, 9.17) is 0 Å². The van der Waals surface area contributed by atoms with E-state index in [2.05, 4.69) is 10.4 Å². The summed E-state index contributed by atoms with van der Waals surface area (Å²) in [5.41, 5.74) is 2.03. The first-order chi connectivity index (χ1) is 12.9. The number of fused-ring (bicyclic) bond motifs is 1. The van der Waals surface area contributed by atoms with Crippen molar-refractivity contribution in [2.75, 3.05) is 11.9 Å². The zero-order valence-corrected chi connectivity index (χ0v) is 15.8. The smallest absolute Gasteiger partial charge is 0.243 e. The number of rotatable bonds is 4. The number of benzene rings is 1. The number of carbonyl (C=O) groups excluding carboxylic acids is 1. The molecule has 1 aliphatic heterocycles. The number of carbonyl (C=O) groups is 1. The number of anilines is 1. The lowest BCUT2D eigenvalue weighted by Crippen LogP contribution is -2.43. The molecule has 1 aromatic heterocycles. The van der Waals surface area contributed by atoms with E-state index in [-0.39, 0.29) is 17.3 Å². The number of sulfonamides is 1. The first-order valence-corrected chi connectivity index (χ1v) is 10.4. The van der Waals surface area contributed by atoms with Crippen LogP contribution in [0.15, 0.2) is 29.2 Å². The van der Waals surface area contributed by atoms with Gasteiger partial charge in [-0.25, -0.2) is 12.8 Å². The van der Waals surface area contributed by atoms with Gasteiger partial charge in [0.1, 0.15) is 17.7 Å². The zero-order chi connectivity index (χ0) is 19.2. The van der Waals surface area contributed by atoms with Crippen molar-refractivity contribution in [3.63, 3.8) is 0 Å². The molecule has 1 aliphatic carbocycles. The molecule has 0 unspecified atom stereocenters. The summed E-state index contributed by atoms with van der Waals surface area (Å²) >= 11 is 0. The van der Waals surface area contributed by atoms with Gasteiger partial charge in [0.25, 0.3) is 0 Å². The molecule has 144 valence electrons. The lowest BCUT2D eigenvalue weighted by Gasteiger charge is -2.23. The van der Waals surface area contributed by atoms with E-state index in [1.165, 1.54) is 16.4 Å². The van der Waals surface area contributed by atoms with Crippen LogP contribution in [0.3, 0.4) is 0 Å². The van der Waals surface area contributed by atoms with Crippen molar-refractivity contribution in [1.29, 1.82) is 0 Å². The van der Waals surface area contributed by atoms with Gasteiger partial charge in [-0.1, -0.05) is 0 Å². The number of aromatic nitrogens is 2. The van der Waals surface area contributed by atoms with Gasteiger partial charge >= 0.3 is 0 Å². The molecule has 1 amide bonds. The fraction of sp³-hybridized carbons (Fsp3) is 0.444. The first kappa shape index (κ1) is 18.1. The fourth-order valence-electron chi connectivity index (χ4n) is 3.91. The summed E-state index contributed by atoms with van der Waals surface area (Å²) in [6.07, 6.45) is 3.82. The van der Waals surface area contributed by atoms with Gasteiger partial charge in [-0.05, 0) is 56.4 Å². The molecule has 1 saturated heterocycles. The molecule has 0 radical (unpaired) electrons. The second-order valence-electron chi connectivity index (χ2n) is 6.97. The van der Waals surface area contributed by atoms with Crippen molar-refractivity contribution in [3.8, 4) is 0 Å². The van der Waals surface area contributed by atoms with Crippen LogP contribution in [0.4, 0.5) is 10.2 Å². The van der Waals surface area contributed by atoms with Gasteiger partial charge < -0.3 is 5.32 Å². The highest BCUT2D eigenvalue weighted by molar-refractivity contribution is 7.89. The molecule has 2 heterocycles. The summed E-state index contributed by atoms with van der Waals surface area (Å²) in [6.45, 7) is 0.265. The van der Waals surface area contributed by atoms with E-state index in [0.29, 0.717) is 18.7 Å². The summed E-state index contributed by atoms with van der Waals surface area (Å²) < 4.78 is 41.8. The summed E-state index contributed by atoms with van der Waals surface area (Å²) in [6, 6.07) is 3.89. The highest BCUT2D eigenvalue weighted by Crippen LogP contribution is 2.30. The van der Waals surface area contributed by atoms with Gasteiger partial charge in [0.2, 0.25) is 15.9 Å². The Labute approximate surface area is 157 Å². The molecule has 1 N–H and O–H groups in total. The van der Waals surface area contributed by atoms with Gasteiger partial charge in [-0.2, -0.15) is 9.40 Å². The van der Waals surface area contributed by atoms with Gasteiger partial charge in [0.15, 0.2) is 0 Å². The van der Waals surface area contributed by atoms with Crippen molar-refractivity contribution < 1.29 is 17.6 Å². The first-order valence-electron chi connectivity index (χ1n) is 9.01. The maximum atomic E-state index is 13.1. The minimum atomic E-state index is -3.87.